The van der Waals surface area contributed by atoms with Gasteiger partial charge >= 0.3 is 0 Å². The van der Waals surface area contributed by atoms with Crippen LogP contribution in [-0.2, 0) is 9.84 Å². The van der Waals surface area contributed by atoms with E-state index in [2.05, 4.69) is 10.3 Å². The van der Waals surface area contributed by atoms with Crippen LogP contribution in [0.5, 0.6) is 0 Å². The summed E-state index contributed by atoms with van der Waals surface area (Å²) in [5.74, 6) is 0.380. The van der Waals surface area contributed by atoms with E-state index in [0.717, 1.165) is 4.88 Å². The number of nitrogens with one attached hydrogen (secondary N) is 1. The molecule has 2 heterocycles. The summed E-state index contributed by atoms with van der Waals surface area (Å²) in [5, 5.41) is 4.93. The van der Waals surface area contributed by atoms with Crippen molar-refractivity contribution in [3.8, 4) is 10.8 Å². The van der Waals surface area contributed by atoms with Crippen LogP contribution in [0, 0.1) is 0 Å². The second kappa shape index (κ2) is 5.75. The zero-order chi connectivity index (χ0) is 15.7. The molecule has 0 unspecified atom stereocenters. The number of thiophene rings is 1. The zero-order valence-electron chi connectivity index (χ0n) is 11.4. The van der Waals surface area contributed by atoms with Crippen LogP contribution >= 0.6 is 22.9 Å². The molecule has 0 saturated heterocycles. The smallest absolute Gasteiger partial charge is 0.240 e. The van der Waals surface area contributed by atoms with Gasteiger partial charge in [-0.3, -0.25) is 0 Å². The first-order valence-electron chi connectivity index (χ1n) is 6.25. The molecule has 0 amide bonds. The van der Waals surface area contributed by atoms with Gasteiger partial charge in [0.15, 0.2) is 0 Å². The van der Waals surface area contributed by atoms with E-state index >= 15 is 0 Å². The summed E-state index contributed by atoms with van der Waals surface area (Å²) < 4.78 is 30.9. The molecule has 2 aromatic heterocycles. The van der Waals surface area contributed by atoms with E-state index in [1.807, 2.05) is 17.5 Å². The Morgan fingerprint density at radius 1 is 1.23 bits per heavy atom. The lowest BCUT2D eigenvalue weighted by Crippen LogP contribution is -2.05. The first kappa shape index (κ1) is 15.1. The number of benzene rings is 1. The van der Waals surface area contributed by atoms with Crippen LogP contribution in [0.3, 0.4) is 0 Å². The summed E-state index contributed by atoms with van der Waals surface area (Å²) in [4.78, 5) is 5.02. The first-order chi connectivity index (χ1) is 10.5. The van der Waals surface area contributed by atoms with Crippen molar-refractivity contribution in [2.24, 2.45) is 0 Å². The van der Waals surface area contributed by atoms with E-state index in [9.17, 15) is 8.42 Å². The minimum Gasteiger partial charge on any atom is -0.418 e. The van der Waals surface area contributed by atoms with Gasteiger partial charge in [0.05, 0.1) is 9.77 Å². The Morgan fingerprint density at radius 3 is 2.55 bits per heavy atom. The maximum atomic E-state index is 12.7. The molecule has 0 bridgehead atoms. The van der Waals surface area contributed by atoms with E-state index in [1.165, 1.54) is 35.6 Å². The molecule has 0 spiro atoms. The quantitative estimate of drug-likeness (QED) is 0.768. The number of aromatic nitrogens is 1. The number of hydrogen-bond donors (Lipinski definition) is 1. The van der Waals surface area contributed by atoms with Crippen LogP contribution in [0.2, 0.25) is 5.02 Å². The van der Waals surface area contributed by atoms with E-state index in [-0.39, 0.29) is 21.7 Å². The van der Waals surface area contributed by atoms with Crippen molar-refractivity contribution < 1.29 is 12.8 Å². The number of sulfone groups is 1. The average Bonchev–Trinajstić information content (AvgIpc) is 3.16. The molecular formula is C14H11ClN2O3S2. The lowest BCUT2D eigenvalue weighted by molar-refractivity contribution is 0.581. The van der Waals surface area contributed by atoms with Crippen LogP contribution < -0.4 is 5.32 Å². The largest absolute Gasteiger partial charge is 0.418 e. The molecule has 3 rings (SSSR count). The fraction of sp³-hybridized carbons (Fsp3) is 0.0714. The van der Waals surface area contributed by atoms with Gasteiger partial charge in [0.25, 0.3) is 0 Å². The lowest BCUT2D eigenvalue weighted by atomic mass is 10.4. The van der Waals surface area contributed by atoms with Crippen LogP contribution in [0.1, 0.15) is 0 Å². The van der Waals surface area contributed by atoms with Gasteiger partial charge in [0.1, 0.15) is 0 Å². The van der Waals surface area contributed by atoms with Gasteiger partial charge in [0.2, 0.25) is 26.6 Å². The minimum absolute atomic E-state index is 0.110. The zero-order valence-corrected chi connectivity index (χ0v) is 13.8. The molecule has 0 radical (unpaired) electrons. The molecule has 114 valence electrons. The third-order valence-electron chi connectivity index (χ3n) is 2.93. The molecule has 0 aliphatic carbocycles. The van der Waals surface area contributed by atoms with Gasteiger partial charge in [-0.1, -0.05) is 17.7 Å². The predicted molar refractivity (Wildman–Crippen MR) is 86.3 cm³/mol. The number of rotatable bonds is 4. The molecular weight excluding hydrogens is 344 g/mol. The molecule has 0 aliphatic rings. The van der Waals surface area contributed by atoms with E-state index < -0.39 is 9.84 Å². The monoisotopic (exact) mass is 354 g/mol. The van der Waals surface area contributed by atoms with Gasteiger partial charge in [-0.05, 0) is 35.7 Å². The summed E-state index contributed by atoms with van der Waals surface area (Å²) >= 11 is 7.22. The number of nitrogens with zero attached hydrogens (tertiary/aromatic N) is 1. The van der Waals surface area contributed by atoms with Crippen molar-refractivity contribution in [1.82, 2.24) is 4.98 Å². The second-order valence-electron chi connectivity index (χ2n) is 4.34. The Bertz CT molecular complexity index is 885. The van der Waals surface area contributed by atoms with Crippen LogP contribution in [-0.4, -0.2) is 20.4 Å². The number of halogens is 1. The summed E-state index contributed by atoms with van der Waals surface area (Å²) in [6, 6.07) is 9.58. The normalized spacial score (nSPS) is 11.5. The highest BCUT2D eigenvalue weighted by Crippen LogP contribution is 2.33. The van der Waals surface area contributed by atoms with Crippen molar-refractivity contribution in [3.05, 3.63) is 46.8 Å². The highest BCUT2D eigenvalue weighted by Gasteiger charge is 2.28. The molecule has 0 aliphatic heterocycles. The summed E-state index contributed by atoms with van der Waals surface area (Å²) in [5.41, 5.74) is 0. The maximum Gasteiger partial charge on any atom is 0.240 e. The minimum atomic E-state index is -3.79. The molecule has 22 heavy (non-hydrogen) atoms. The topological polar surface area (TPSA) is 72.2 Å². The standard InChI is InChI=1S/C14H11ClN2O3S2/c1-16-13-14(17-12(20-13)11-3-2-8-21-11)22(18,19)10-6-4-9(15)5-7-10/h2-8,16H,1H3. The SMILES string of the molecule is CNc1oc(-c2cccs2)nc1S(=O)(=O)c1ccc(Cl)cc1. The Morgan fingerprint density at radius 2 is 1.95 bits per heavy atom. The summed E-state index contributed by atoms with van der Waals surface area (Å²) in [7, 11) is -2.21. The Balaban J connectivity index is 2.12. The van der Waals surface area contributed by atoms with Crippen LogP contribution in [0.4, 0.5) is 5.88 Å². The van der Waals surface area contributed by atoms with E-state index in [4.69, 9.17) is 16.0 Å². The Hall–Kier alpha value is -1.83. The molecule has 1 N–H and O–H groups in total. The van der Waals surface area contributed by atoms with Crippen molar-refractivity contribution in [2.45, 2.75) is 9.92 Å². The van der Waals surface area contributed by atoms with Crippen molar-refractivity contribution in [1.29, 1.82) is 0 Å². The molecule has 1 aromatic carbocycles. The van der Waals surface area contributed by atoms with Crippen molar-refractivity contribution in [2.75, 3.05) is 12.4 Å². The second-order valence-corrected chi connectivity index (χ2v) is 7.59. The highest BCUT2D eigenvalue weighted by atomic mass is 35.5. The van der Waals surface area contributed by atoms with Gasteiger partial charge in [-0.2, -0.15) is 4.98 Å². The van der Waals surface area contributed by atoms with Gasteiger partial charge < -0.3 is 9.73 Å². The van der Waals surface area contributed by atoms with Crippen LogP contribution in [0.15, 0.2) is 56.1 Å². The van der Waals surface area contributed by atoms with E-state index in [1.54, 1.807) is 7.05 Å². The number of oxazole rings is 1. The summed E-state index contributed by atoms with van der Waals surface area (Å²) in [6.07, 6.45) is 0. The van der Waals surface area contributed by atoms with Crippen LogP contribution in [0.25, 0.3) is 10.8 Å². The fourth-order valence-electron chi connectivity index (χ4n) is 1.88. The predicted octanol–water partition coefficient (Wildman–Crippen LogP) is 3.93. The molecule has 8 heteroatoms. The maximum absolute atomic E-state index is 12.7. The summed E-state index contributed by atoms with van der Waals surface area (Å²) in [6.45, 7) is 0. The molecule has 0 atom stereocenters. The Kier molecular flexibility index (Phi) is 3.94. The molecule has 0 saturated carbocycles. The third-order valence-corrected chi connectivity index (χ3v) is 5.72. The van der Waals surface area contributed by atoms with E-state index in [0.29, 0.717) is 5.02 Å². The fourth-order valence-corrected chi connectivity index (χ4v) is 3.96. The molecule has 3 aromatic rings. The Labute approximate surface area is 136 Å². The van der Waals surface area contributed by atoms with Crippen molar-refractivity contribution >= 4 is 38.7 Å². The van der Waals surface area contributed by atoms with Gasteiger partial charge in [-0.25, -0.2) is 8.42 Å². The van der Waals surface area contributed by atoms with Gasteiger partial charge in [0, 0.05) is 12.1 Å². The lowest BCUT2D eigenvalue weighted by Gasteiger charge is -2.02. The molecule has 0 fully saturated rings. The molecule has 5 nitrogen and oxygen atoms in total. The van der Waals surface area contributed by atoms with Crippen molar-refractivity contribution in [3.63, 3.8) is 0 Å². The number of anilines is 1. The number of hydrogen-bond acceptors (Lipinski definition) is 6. The van der Waals surface area contributed by atoms with Gasteiger partial charge in [-0.15, -0.1) is 11.3 Å². The average molecular weight is 355 g/mol. The highest BCUT2D eigenvalue weighted by molar-refractivity contribution is 7.91. The third kappa shape index (κ3) is 2.63. The first-order valence-corrected chi connectivity index (χ1v) is 8.99.